The van der Waals surface area contributed by atoms with Crippen molar-refractivity contribution in [3.8, 4) is 6.07 Å². The predicted octanol–water partition coefficient (Wildman–Crippen LogP) is 3.97. The number of hydrogen-bond acceptors (Lipinski definition) is 2. The zero-order valence-corrected chi connectivity index (χ0v) is 11.3. The molecular weight excluding hydrogens is 323 g/mol. The minimum atomic E-state index is -0.309. The average Bonchev–Trinajstić information content (AvgIpc) is 2.39. The molecule has 2 aromatic rings. The summed E-state index contributed by atoms with van der Waals surface area (Å²) in [6.07, 6.45) is 0. The lowest BCUT2D eigenvalue weighted by Crippen LogP contribution is -2.08. The second-order valence-electron chi connectivity index (χ2n) is 3.62. The van der Waals surface area contributed by atoms with Crippen LogP contribution < -0.4 is 5.32 Å². The Bertz CT molecular complexity index is 514. The molecule has 0 heterocycles. The van der Waals surface area contributed by atoms with Crippen molar-refractivity contribution in [1.29, 1.82) is 5.26 Å². The highest BCUT2D eigenvalue weighted by atomic mass is 127. The maximum Gasteiger partial charge on any atom is 0.140 e. The summed E-state index contributed by atoms with van der Waals surface area (Å²) in [7, 11) is 0. The smallest absolute Gasteiger partial charge is 0.140 e. The highest BCUT2D eigenvalue weighted by molar-refractivity contribution is 14.1. The SMILES string of the molecule is N#C[C@H](Nc1ccc(I)cc1)c1ccccc1. The maximum absolute atomic E-state index is 9.18. The predicted molar refractivity (Wildman–Crippen MR) is 77.6 cm³/mol. The normalized spacial score (nSPS) is 11.5. The van der Waals surface area contributed by atoms with Crippen LogP contribution in [0.3, 0.4) is 0 Å². The van der Waals surface area contributed by atoms with Gasteiger partial charge in [-0.2, -0.15) is 5.26 Å². The van der Waals surface area contributed by atoms with Gasteiger partial charge in [0.2, 0.25) is 0 Å². The molecule has 0 radical (unpaired) electrons. The van der Waals surface area contributed by atoms with Crippen molar-refractivity contribution in [3.63, 3.8) is 0 Å². The zero-order valence-electron chi connectivity index (χ0n) is 9.10. The van der Waals surface area contributed by atoms with Crippen LogP contribution in [-0.2, 0) is 0 Å². The van der Waals surface area contributed by atoms with E-state index in [1.165, 1.54) is 3.57 Å². The molecule has 0 aromatic heterocycles. The Balaban J connectivity index is 2.17. The lowest BCUT2D eigenvalue weighted by Gasteiger charge is -2.13. The second kappa shape index (κ2) is 5.69. The van der Waals surface area contributed by atoms with Crippen LogP contribution in [0.1, 0.15) is 11.6 Å². The first-order valence-corrected chi connectivity index (χ1v) is 6.34. The number of hydrogen-bond donors (Lipinski definition) is 1. The third kappa shape index (κ3) is 3.21. The van der Waals surface area contributed by atoms with Gasteiger partial charge in [0.05, 0.1) is 6.07 Å². The molecule has 1 N–H and O–H groups in total. The monoisotopic (exact) mass is 334 g/mol. The van der Waals surface area contributed by atoms with Gasteiger partial charge >= 0.3 is 0 Å². The van der Waals surface area contributed by atoms with Crippen molar-refractivity contribution in [2.75, 3.05) is 5.32 Å². The number of rotatable bonds is 3. The molecule has 17 heavy (non-hydrogen) atoms. The largest absolute Gasteiger partial charge is 0.366 e. The summed E-state index contributed by atoms with van der Waals surface area (Å²) in [6.45, 7) is 0. The summed E-state index contributed by atoms with van der Waals surface area (Å²) in [5.41, 5.74) is 1.94. The fourth-order valence-electron chi connectivity index (χ4n) is 1.55. The molecule has 3 heteroatoms. The van der Waals surface area contributed by atoms with Crippen LogP contribution in [0.5, 0.6) is 0 Å². The van der Waals surface area contributed by atoms with E-state index in [0.717, 1.165) is 11.3 Å². The van der Waals surface area contributed by atoms with Gasteiger partial charge in [0.25, 0.3) is 0 Å². The standard InChI is InChI=1S/C14H11IN2/c15-12-6-8-13(9-7-12)17-14(10-16)11-4-2-1-3-5-11/h1-9,14,17H/t14-/m0/s1. The van der Waals surface area contributed by atoms with E-state index in [1.54, 1.807) is 0 Å². The van der Waals surface area contributed by atoms with Crippen molar-refractivity contribution in [2.45, 2.75) is 6.04 Å². The fourth-order valence-corrected chi connectivity index (χ4v) is 1.91. The van der Waals surface area contributed by atoms with Gasteiger partial charge < -0.3 is 5.32 Å². The molecule has 0 aliphatic carbocycles. The van der Waals surface area contributed by atoms with E-state index in [1.807, 2.05) is 54.6 Å². The van der Waals surface area contributed by atoms with E-state index in [9.17, 15) is 5.26 Å². The zero-order chi connectivity index (χ0) is 12.1. The summed E-state index contributed by atoms with van der Waals surface area (Å²) < 4.78 is 1.18. The van der Waals surface area contributed by atoms with Gasteiger partial charge in [0.15, 0.2) is 0 Å². The van der Waals surface area contributed by atoms with Crippen LogP contribution in [-0.4, -0.2) is 0 Å². The number of benzene rings is 2. The number of anilines is 1. The van der Waals surface area contributed by atoms with Gasteiger partial charge in [-0.1, -0.05) is 30.3 Å². The Hall–Kier alpha value is -1.54. The molecule has 2 rings (SSSR count). The van der Waals surface area contributed by atoms with Crippen molar-refractivity contribution < 1.29 is 0 Å². The van der Waals surface area contributed by atoms with Crippen LogP contribution in [0.2, 0.25) is 0 Å². The molecule has 2 aromatic carbocycles. The molecule has 0 fully saturated rings. The second-order valence-corrected chi connectivity index (χ2v) is 4.87. The maximum atomic E-state index is 9.18. The average molecular weight is 334 g/mol. The first kappa shape index (κ1) is 11.9. The molecule has 0 aliphatic rings. The van der Waals surface area contributed by atoms with E-state index in [2.05, 4.69) is 34.0 Å². The van der Waals surface area contributed by atoms with Gasteiger partial charge in [-0.3, -0.25) is 0 Å². The molecule has 0 amide bonds. The van der Waals surface area contributed by atoms with Crippen molar-refractivity contribution >= 4 is 28.3 Å². The molecule has 84 valence electrons. The summed E-state index contributed by atoms with van der Waals surface area (Å²) in [5.74, 6) is 0. The number of nitriles is 1. The van der Waals surface area contributed by atoms with Crippen molar-refractivity contribution in [3.05, 3.63) is 63.7 Å². The molecule has 0 aliphatic heterocycles. The van der Waals surface area contributed by atoms with Crippen LogP contribution >= 0.6 is 22.6 Å². The van der Waals surface area contributed by atoms with Crippen LogP contribution in [0.15, 0.2) is 54.6 Å². The lowest BCUT2D eigenvalue weighted by atomic mass is 10.1. The Morgan fingerprint density at radius 1 is 1.00 bits per heavy atom. The highest BCUT2D eigenvalue weighted by Gasteiger charge is 2.08. The van der Waals surface area contributed by atoms with Crippen LogP contribution in [0, 0.1) is 14.9 Å². The summed E-state index contributed by atoms with van der Waals surface area (Å²) in [5, 5.41) is 12.4. The molecular formula is C14H11IN2. The molecule has 0 unspecified atom stereocenters. The first-order valence-electron chi connectivity index (χ1n) is 5.26. The first-order chi connectivity index (χ1) is 8.29. The molecule has 0 saturated carbocycles. The molecule has 0 bridgehead atoms. The summed E-state index contributed by atoms with van der Waals surface area (Å²) >= 11 is 2.26. The molecule has 0 spiro atoms. The van der Waals surface area contributed by atoms with Crippen molar-refractivity contribution in [1.82, 2.24) is 0 Å². The quantitative estimate of drug-likeness (QED) is 0.863. The van der Waals surface area contributed by atoms with E-state index in [-0.39, 0.29) is 6.04 Å². The molecule has 0 saturated heterocycles. The van der Waals surface area contributed by atoms with Crippen LogP contribution in [0.25, 0.3) is 0 Å². The summed E-state index contributed by atoms with van der Waals surface area (Å²) in [4.78, 5) is 0. The lowest BCUT2D eigenvalue weighted by molar-refractivity contribution is 0.998. The van der Waals surface area contributed by atoms with E-state index < -0.39 is 0 Å². The van der Waals surface area contributed by atoms with Gasteiger partial charge in [0.1, 0.15) is 6.04 Å². The van der Waals surface area contributed by atoms with E-state index in [4.69, 9.17) is 0 Å². The number of nitrogens with one attached hydrogen (secondary N) is 1. The fraction of sp³-hybridized carbons (Fsp3) is 0.0714. The Morgan fingerprint density at radius 2 is 1.65 bits per heavy atom. The van der Waals surface area contributed by atoms with Gasteiger partial charge in [0, 0.05) is 9.26 Å². The molecule has 2 nitrogen and oxygen atoms in total. The highest BCUT2D eigenvalue weighted by Crippen LogP contribution is 2.19. The summed E-state index contributed by atoms with van der Waals surface area (Å²) in [6, 6.07) is 19.7. The molecule has 1 atom stereocenters. The van der Waals surface area contributed by atoms with E-state index in [0.29, 0.717) is 0 Å². The van der Waals surface area contributed by atoms with Crippen LogP contribution in [0.4, 0.5) is 5.69 Å². The Kier molecular flexibility index (Phi) is 3.99. The van der Waals surface area contributed by atoms with Gasteiger partial charge in [-0.15, -0.1) is 0 Å². The Morgan fingerprint density at radius 3 is 2.24 bits per heavy atom. The van der Waals surface area contributed by atoms with Gasteiger partial charge in [-0.25, -0.2) is 0 Å². The van der Waals surface area contributed by atoms with E-state index >= 15 is 0 Å². The third-order valence-corrected chi connectivity index (χ3v) is 3.14. The third-order valence-electron chi connectivity index (χ3n) is 2.42. The topological polar surface area (TPSA) is 35.8 Å². The Labute approximate surface area is 114 Å². The minimum absolute atomic E-state index is 0.309. The van der Waals surface area contributed by atoms with Gasteiger partial charge in [-0.05, 0) is 52.4 Å². The number of halogens is 1. The minimum Gasteiger partial charge on any atom is -0.366 e. The number of nitrogens with zero attached hydrogens (tertiary/aromatic N) is 1. The van der Waals surface area contributed by atoms with Crippen molar-refractivity contribution in [2.24, 2.45) is 0 Å².